The highest BCUT2D eigenvalue weighted by atomic mass is 32.2. The van der Waals surface area contributed by atoms with Crippen LogP contribution in [0.2, 0.25) is 18.1 Å². The minimum Gasteiger partial charge on any atom is -0.469 e. The lowest BCUT2D eigenvalue weighted by atomic mass is 9.42. The van der Waals surface area contributed by atoms with Gasteiger partial charge in [0.05, 0.1) is 12.9 Å². The third kappa shape index (κ3) is 6.12. The van der Waals surface area contributed by atoms with Crippen LogP contribution in [-0.2, 0) is 24.1 Å². The zero-order valence-electron chi connectivity index (χ0n) is 26.8. The number of ether oxygens (including phenoxy) is 1. The van der Waals surface area contributed by atoms with Gasteiger partial charge in [-0.2, -0.15) is 8.42 Å². The summed E-state index contributed by atoms with van der Waals surface area (Å²) in [5.41, 5.74) is 0.351. The van der Waals surface area contributed by atoms with E-state index in [1.165, 1.54) is 13.5 Å². The van der Waals surface area contributed by atoms with Crippen molar-refractivity contribution < 1.29 is 26.9 Å². The molecule has 4 aliphatic rings. The predicted octanol–water partition coefficient (Wildman–Crippen LogP) is 7.74. The quantitative estimate of drug-likeness (QED) is 0.175. The molecule has 0 bridgehead atoms. The first-order chi connectivity index (χ1) is 18.3. The standard InChI is InChI=1S/C32H58O6SSi/c1-21(10-13-28(33)37-7)25-11-12-26-29-22(20-39(34,35)36)18-23-19-24(38-40(8,9)30(2,3)4)14-16-31(23,5)27(29)15-17-32(25,26)6/h21-27,29H,10-20H2,1-9H3,(H,34,35,36)/t21-,22+,23-,24?,25-,26+,27+,29+,31+,32-/m1/s1. The zero-order valence-corrected chi connectivity index (χ0v) is 28.6. The molecule has 4 rings (SSSR count). The van der Waals surface area contributed by atoms with Crippen LogP contribution in [0.25, 0.3) is 0 Å². The summed E-state index contributed by atoms with van der Waals surface area (Å²) >= 11 is 0. The SMILES string of the molecule is COC(=O)CC[C@@H](C)[C@H]1CC[C@H]2[C@@H]3[C@H](CS(=O)(=O)O)C[C@@H]4CC(O[Si](C)(C)C(C)(C)C)CC[C@]4(C)[C@H]3CC[C@]12C. The van der Waals surface area contributed by atoms with Gasteiger partial charge in [0, 0.05) is 12.5 Å². The molecule has 6 nitrogen and oxygen atoms in total. The van der Waals surface area contributed by atoms with Crippen LogP contribution in [0.3, 0.4) is 0 Å². The number of methoxy groups -OCH3 is 1. The maximum Gasteiger partial charge on any atom is 0.305 e. The Morgan fingerprint density at radius 3 is 2.25 bits per heavy atom. The molecule has 40 heavy (non-hydrogen) atoms. The molecule has 1 unspecified atom stereocenters. The fourth-order valence-electron chi connectivity index (χ4n) is 10.2. The van der Waals surface area contributed by atoms with Crippen molar-refractivity contribution in [1.82, 2.24) is 0 Å². The fourth-order valence-corrected chi connectivity index (χ4v) is 12.5. The summed E-state index contributed by atoms with van der Waals surface area (Å²) in [4.78, 5) is 11.9. The van der Waals surface area contributed by atoms with E-state index < -0.39 is 18.4 Å². The summed E-state index contributed by atoms with van der Waals surface area (Å²) in [6.07, 6.45) is 10.3. The highest BCUT2D eigenvalue weighted by Gasteiger charge is 2.63. The summed E-state index contributed by atoms with van der Waals surface area (Å²) in [5.74, 6) is 2.46. The molecule has 4 aliphatic carbocycles. The van der Waals surface area contributed by atoms with Gasteiger partial charge in [-0.05, 0) is 128 Å². The van der Waals surface area contributed by atoms with Crippen LogP contribution in [-0.4, -0.2) is 46.2 Å². The molecule has 1 N–H and O–H groups in total. The first kappa shape index (κ1) is 32.5. The van der Waals surface area contributed by atoms with E-state index in [1.807, 2.05) is 0 Å². The van der Waals surface area contributed by atoms with E-state index in [4.69, 9.17) is 9.16 Å². The minimum absolute atomic E-state index is 0.00144. The largest absolute Gasteiger partial charge is 0.469 e. The monoisotopic (exact) mass is 598 g/mol. The number of carbonyl (C=O) groups excluding carboxylic acids is 1. The van der Waals surface area contributed by atoms with Gasteiger partial charge in [0.25, 0.3) is 10.1 Å². The third-order valence-electron chi connectivity index (χ3n) is 13.3. The van der Waals surface area contributed by atoms with Crippen LogP contribution in [0, 0.1) is 52.3 Å². The lowest BCUT2D eigenvalue weighted by Gasteiger charge is -2.63. The predicted molar refractivity (Wildman–Crippen MR) is 163 cm³/mol. The van der Waals surface area contributed by atoms with E-state index in [-0.39, 0.29) is 39.6 Å². The topological polar surface area (TPSA) is 89.9 Å². The molecule has 0 amide bonds. The lowest BCUT2D eigenvalue weighted by Crippen LogP contribution is -2.58. The average molecular weight is 599 g/mol. The Hall–Kier alpha value is -0.443. The molecule has 8 heteroatoms. The van der Waals surface area contributed by atoms with Crippen molar-refractivity contribution in [3.63, 3.8) is 0 Å². The molecule has 10 atom stereocenters. The van der Waals surface area contributed by atoms with Crippen molar-refractivity contribution in [1.29, 1.82) is 0 Å². The maximum atomic E-state index is 12.4. The van der Waals surface area contributed by atoms with E-state index in [0.29, 0.717) is 41.9 Å². The summed E-state index contributed by atoms with van der Waals surface area (Å²) in [6, 6.07) is 0. The molecule has 0 saturated heterocycles. The molecule has 232 valence electrons. The number of hydrogen-bond donors (Lipinski definition) is 1. The first-order valence-corrected chi connectivity index (χ1v) is 20.5. The normalized spacial score (nSPS) is 41.0. The number of esters is 1. The van der Waals surface area contributed by atoms with Crippen LogP contribution in [0.5, 0.6) is 0 Å². The Morgan fingerprint density at radius 1 is 1.02 bits per heavy atom. The van der Waals surface area contributed by atoms with Crippen molar-refractivity contribution in [2.45, 2.75) is 130 Å². The van der Waals surface area contributed by atoms with E-state index in [0.717, 1.165) is 51.4 Å². The summed E-state index contributed by atoms with van der Waals surface area (Å²) in [6.45, 7) is 18.8. The second kappa shape index (κ2) is 11.2. The molecule has 0 heterocycles. The molecule has 0 aromatic heterocycles. The van der Waals surface area contributed by atoms with Gasteiger partial charge in [-0.25, -0.2) is 0 Å². The van der Waals surface area contributed by atoms with Crippen LogP contribution in [0.1, 0.15) is 106 Å². The van der Waals surface area contributed by atoms with Gasteiger partial charge >= 0.3 is 5.97 Å². The fraction of sp³-hybridized carbons (Fsp3) is 0.969. The number of rotatable bonds is 8. The van der Waals surface area contributed by atoms with Gasteiger partial charge in [0.2, 0.25) is 0 Å². The zero-order chi connectivity index (χ0) is 29.9. The van der Waals surface area contributed by atoms with E-state index in [9.17, 15) is 17.8 Å². The van der Waals surface area contributed by atoms with Crippen molar-refractivity contribution >= 4 is 24.4 Å². The van der Waals surface area contributed by atoms with Gasteiger partial charge < -0.3 is 9.16 Å². The highest BCUT2D eigenvalue weighted by molar-refractivity contribution is 7.85. The molecular weight excluding hydrogens is 540 g/mol. The lowest BCUT2D eigenvalue weighted by molar-refractivity contribution is -0.149. The maximum absolute atomic E-state index is 12.4. The molecule has 0 aromatic carbocycles. The van der Waals surface area contributed by atoms with Crippen molar-refractivity contribution in [3.05, 3.63) is 0 Å². The Balaban J connectivity index is 1.59. The second-order valence-electron chi connectivity index (χ2n) is 16.3. The molecule has 0 spiro atoms. The molecular formula is C32H58O6SSi. The van der Waals surface area contributed by atoms with Crippen molar-refractivity contribution in [2.24, 2.45) is 52.3 Å². The minimum atomic E-state index is -4.07. The summed E-state index contributed by atoms with van der Waals surface area (Å²) in [5, 5.41) is 0.166. The molecule has 4 saturated carbocycles. The summed E-state index contributed by atoms with van der Waals surface area (Å²) in [7, 11) is -4.50. The van der Waals surface area contributed by atoms with Gasteiger partial charge in [0.1, 0.15) is 0 Å². The average Bonchev–Trinajstić information content (AvgIpc) is 3.18. The Bertz CT molecular complexity index is 1040. The molecule has 0 aromatic rings. The van der Waals surface area contributed by atoms with E-state index in [2.05, 4.69) is 54.6 Å². The number of fused-ring (bicyclic) bond motifs is 5. The van der Waals surface area contributed by atoms with Gasteiger partial charge in [0.15, 0.2) is 8.32 Å². The number of carbonyl (C=O) groups is 1. The van der Waals surface area contributed by atoms with Crippen molar-refractivity contribution in [2.75, 3.05) is 12.9 Å². The van der Waals surface area contributed by atoms with E-state index in [1.54, 1.807) is 0 Å². The van der Waals surface area contributed by atoms with Gasteiger partial charge in [-0.15, -0.1) is 0 Å². The smallest absolute Gasteiger partial charge is 0.305 e. The molecule has 4 fully saturated rings. The van der Waals surface area contributed by atoms with Crippen LogP contribution < -0.4 is 0 Å². The number of hydrogen-bond acceptors (Lipinski definition) is 5. The van der Waals surface area contributed by atoms with Crippen LogP contribution in [0.15, 0.2) is 0 Å². The first-order valence-electron chi connectivity index (χ1n) is 16.0. The van der Waals surface area contributed by atoms with Gasteiger partial charge in [-0.3, -0.25) is 9.35 Å². The second-order valence-corrected chi connectivity index (χ2v) is 22.6. The Kier molecular flexibility index (Phi) is 9.12. The van der Waals surface area contributed by atoms with Gasteiger partial charge in [-0.1, -0.05) is 41.5 Å². The highest BCUT2D eigenvalue weighted by Crippen LogP contribution is 2.69. The van der Waals surface area contributed by atoms with Crippen molar-refractivity contribution in [3.8, 4) is 0 Å². The Labute approximate surface area is 246 Å². The molecule has 0 aliphatic heterocycles. The van der Waals surface area contributed by atoms with E-state index >= 15 is 0 Å². The molecule has 0 radical (unpaired) electrons. The van der Waals surface area contributed by atoms with Crippen LogP contribution in [0.4, 0.5) is 0 Å². The van der Waals surface area contributed by atoms with Crippen LogP contribution >= 0.6 is 0 Å². The third-order valence-corrected chi connectivity index (χ3v) is 18.7. The summed E-state index contributed by atoms with van der Waals surface area (Å²) < 4.78 is 46.7. The Morgan fingerprint density at radius 2 is 1.65 bits per heavy atom.